The lowest BCUT2D eigenvalue weighted by Crippen LogP contribution is -2.07. The Morgan fingerprint density at radius 2 is 2.24 bits per heavy atom. The first-order valence-electron chi connectivity index (χ1n) is 5.48. The molecule has 2 rings (SSSR count). The molecule has 2 aromatic rings. The van der Waals surface area contributed by atoms with Crippen LogP contribution in [0.4, 0.5) is 10.4 Å². The van der Waals surface area contributed by atoms with E-state index in [0.29, 0.717) is 23.3 Å². The highest BCUT2D eigenvalue weighted by Crippen LogP contribution is 2.18. The van der Waals surface area contributed by atoms with E-state index in [1.165, 1.54) is 12.1 Å². The molecule has 0 saturated heterocycles. The third-order valence-corrected chi connectivity index (χ3v) is 2.17. The van der Waals surface area contributed by atoms with Crippen LogP contribution in [0.1, 0.15) is 13.8 Å². The summed E-state index contributed by atoms with van der Waals surface area (Å²) in [7, 11) is 0. The molecule has 0 amide bonds. The molecular formula is C12H14FN3O. The second-order valence-corrected chi connectivity index (χ2v) is 4.21. The van der Waals surface area contributed by atoms with E-state index in [4.69, 9.17) is 4.52 Å². The van der Waals surface area contributed by atoms with Crippen LogP contribution in [0, 0.1) is 11.7 Å². The Hall–Kier alpha value is -1.91. The van der Waals surface area contributed by atoms with Crippen LogP contribution in [-0.4, -0.2) is 16.7 Å². The van der Waals surface area contributed by atoms with Crippen molar-refractivity contribution in [3.63, 3.8) is 0 Å². The second-order valence-electron chi connectivity index (χ2n) is 4.21. The van der Waals surface area contributed by atoms with Crippen molar-refractivity contribution in [1.29, 1.82) is 0 Å². The van der Waals surface area contributed by atoms with Gasteiger partial charge in [-0.3, -0.25) is 0 Å². The van der Waals surface area contributed by atoms with Gasteiger partial charge in [-0.25, -0.2) is 4.39 Å². The molecule has 0 aliphatic rings. The third-order valence-electron chi connectivity index (χ3n) is 2.17. The third kappa shape index (κ3) is 3.03. The lowest BCUT2D eigenvalue weighted by molar-refractivity contribution is 0.429. The van der Waals surface area contributed by atoms with Gasteiger partial charge in [-0.2, -0.15) is 4.98 Å². The normalized spacial score (nSPS) is 10.8. The summed E-state index contributed by atoms with van der Waals surface area (Å²) in [5.41, 5.74) is 0.603. The molecule has 0 aliphatic carbocycles. The average Bonchev–Trinajstić information content (AvgIpc) is 2.75. The average molecular weight is 235 g/mol. The summed E-state index contributed by atoms with van der Waals surface area (Å²) in [5.74, 6) is 0.555. The van der Waals surface area contributed by atoms with Crippen molar-refractivity contribution in [2.24, 2.45) is 5.92 Å². The SMILES string of the molecule is CC(C)CNc1nc(-c2cccc(F)c2)no1. The standard InChI is InChI=1S/C12H14FN3O/c1-8(2)7-14-12-15-11(16-17-12)9-4-3-5-10(13)6-9/h3-6,8H,7H2,1-2H3,(H,14,15,16). The van der Waals surface area contributed by atoms with Crippen molar-refractivity contribution in [2.75, 3.05) is 11.9 Å². The summed E-state index contributed by atoms with van der Waals surface area (Å²) in [6.07, 6.45) is 0. The molecule has 0 bridgehead atoms. The minimum absolute atomic E-state index is 0.316. The predicted molar refractivity (Wildman–Crippen MR) is 63.0 cm³/mol. The van der Waals surface area contributed by atoms with E-state index in [2.05, 4.69) is 29.3 Å². The molecule has 0 radical (unpaired) electrons. The first-order valence-corrected chi connectivity index (χ1v) is 5.48. The molecule has 4 nitrogen and oxygen atoms in total. The summed E-state index contributed by atoms with van der Waals surface area (Å²) >= 11 is 0. The number of hydrogen-bond acceptors (Lipinski definition) is 4. The highest BCUT2D eigenvalue weighted by Gasteiger charge is 2.08. The molecule has 1 N–H and O–H groups in total. The van der Waals surface area contributed by atoms with Crippen LogP contribution in [0.25, 0.3) is 11.4 Å². The molecule has 1 heterocycles. The molecule has 0 fully saturated rings. The van der Waals surface area contributed by atoms with Gasteiger partial charge in [0.15, 0.2) is 0 Å². The summed E-state index contributed by atoms with van der Waals surface area (Å²) < 4.78 is 18.0. The van der Waals surface area contributed by atoms with Crippen molar-refractivity contribution in [1.82, 2.24) is 10.1 Å². The molecule has 0 aliphatic heterocycles. The van der Waals surface area contributed by atoms with E-state index in [9.17, 15) is 4.39 Å². The number of hydrogen-bond donors (Lipinski definition) is 1. The molecule has 0 unspecified atom stereocenters. The molecule has 0 atom stereocenters. The highest BCUT2D eigenvalue weighted by molar-refractivity contribution is 5.55. The van der Waals surface area contributed by atoms with Gasteiger partial charge in [0, 0.05) is 12.1 Å². The van der Waals surface area contributed by atoms with Crippen LogP contribution in [0.3, 0.4) is 0 Å². The fourth-order valence-electron chi connectivity index (χ4n) is 1.33. The second kappa shape index (κ2) is 4.95. The Balaban J connectivity index is 2.12. The van der Waals surface area contributed by atoms with Crippen molar-refractivity contribution in [2.45, 2.75) is 13.8 Å². The van der Waals surface area contributed by atoms with Gasteiger partial charge >= 0.3 is 6.01 Å². The van der Waals surface area contributed by atoms with Crippen LogP contribution in [0.2, 0.25) is 0 Å². The van der Waals surface area contributed by atoms with E-state index in [1.807, 2.05) is 0 Å². The molecule has 17 heavy (non-hydrogen) atoms. The smallest absolute Gasteiger partial charge is 0.321 e. The largest absolute Gasteiger partial charge is 0.337 e. The summed E-state index contributed by atoms with van der Waals surface area (Å²) in [4.78, 5) is 4.14. The lowest BCUT2D eigenvalue weighted by atomic mass is 10.2. The van der Waals surface area contributed by atoms with Crippen LogP contribution < -0.4 is 5.32 Å². The zero-order valence-electron chi connectivity index (χ0n) is 9.77. The molecule has 1 aromatic carbocycles. The monoisotopic (exact) mass is 235 g/mol. The molecule has 5 heteroatoms. The summed E-state index contributed by atoms with van der Waals surface area (Å²) in [6, 6.07) is 6.46. The zero-order valence-corrected chi connectivity index (χ0v) is 9.77. The Bertz CT molecular complexity index is 496. The topological polar surface area (TPSA) is 51.0 Å². The van der Waals surface area contributed by atoms with Crippen LogP contribution in [-0.2, 0) is 0 Å². The van der Waals surface area contributed by atoms with Gasteiger partial charge in [0.25, 0.3) is 0 Å². The molecule has 1 aromatic heterocycles. The Morgan fingerprint density at radius 3 is 2.94 bits per heavy atom. The fraction of sp³-hybridized carbons (Fsp3) is 0.333. The van der Waals surface area contributed by atoms with E-state index in [1.54, 1.807) is 12.1 Å². The molecule has 0 spiro atoms. The maximum atomic E-state index is 13.0. The number of anilines is 1. The van der Waals surface area contributed by atoms with E-state index in [0.717, 1.165) is 6.54 Å². The first kappa shape index (κ1) is 11.6. The van der Waals surface area contributed by atoms with Crippen molar-refractivity contribution < 1.29 is 8.91 Å². The van der Waals surface area contributed by atoms with Crippen molar-refractivity contribution in [3.05, 3.63) is 30.1 Å². The van der Waals surface area contributed by atoms with Gasteiger partial charge in [0.2, 0.25) is 5.82 Å². The molecule has 0 saturated carbocycles. The van der Waals surface area contributed by atoms with Gasteiger partial charge in [0.05, 0.1) is 0 Å². The maximum Gasteiger partial charge on any atom is 0.321 e. The Labute approximate surface area is 98.8 Å². The van der Waals surface area contributed by atoms with E-state index in [-0.39, 0.29) is 5.82 Å². The number of halogens is 1. The fourth-order valence-corrected chi connectivity index (χ4v) is 1.33. The van der Waals surface area contributed by atoms with Crippen molar-refractivity contribution >= 4 is 6.01 Å². The van der Waals surface area contributed by atoms with Gasteiger partial charge < -0.3 is 9.84 Å². The van der Waals surface area contributed by atoms with Gasteiger partial charge in [-0.1, -0.05) is 31.1 Å². The van der Waals surface area contributed by atoms with Gasteiger partial charge in [0.1, 0.15) is 5.82 Å². The quantitative estimate of drug-likeness (QED) is 0.885. The predicted octanol–water partition coefficient (Wildman–Crippen LogP) is 2.94. The van der Waals surface area contributed by atoms with Crippen LogP contribution >= 0.6 is 0 Å². The Morgan fingerprint density at radius 1 is 1.41 bits per heavy atom. The van der Waals surface area contributed by atoms with Crippen LogP contribution in [0.15, 0.2) is 28.8 Å². The van der Waals surface area contributed by atoms with Gasteiger partial charge in [-0.05, 0) is 18.1 Å². The minimum Gasteiger partial charge on any atom is -0.337 e. The lowest BCUT2D eigenvalue weighted by Gasteiger charge is -2.02. The molecule has 90 valence electrons. The van der Waals surface area contributed by atoms with Crippen LogP contribution in [0.5, 0.6) is 0 Å². The number of aromatic nitrogens is 2. The number of rotatable bonds is 4. The van der Waals surface area contributed by atoms with E-state index < -0.39 is 0 Å². The first-order chi connectivity index (χ1) is 8.15. The molecular weight excluding hydrogens is 221 g/mol. The summed E-state index contributed by atoms with van der Waals surface area (Å²) in [5, 5.41) is 6.81. The van der Waals surface area contributed by atoms with E-state index >= 15 is 0 Å². The summed E-state index contributed by atoms with van der Waals surface area (Å²) in [6.45, 7) is 4.92. The highest BCUT2D eigenvalue weighted by atomic mass is 19.1. The number of nitrogens with one attached hydrogen (secondary N) is 1. The number of benzene rings is 1. The minimum atomic E-state index is -0.316. The Kier molecular flexibility index (Phi) is 3.37. The number of nitrogens with zero attached hydrogens (tertiary/aromatic N) is 2. The van der Waals surface area contributed by atoms with Gasteiger partial charge in [-0.15, -0.1) is 0 Å². The van der Waals surface area contributed by atoms with Crippen molar-refractivity contribution in [3.8, 4) is 11.4 Å². The maximum absolute atomic E-state index is 13.0. The zero-order chi connectivity index (χ0) is 12.3.